The molecule has 0 amide bonds. The van der Waals surface area contributed by atoms with Gasteiger partial charge in [0.25, 0.3) is 0 Å². The summed E-state index contributed by atoms with van der Waals surface area (Å²) in [5, 5.41) is 0. The van der Waals surface area contributed by atoms with Crippen LogP contribution in [0.3, 0.4) is 0 Å². The van der Waals surface area contributed by atoms with E-state index in [4.69, 9.17) is 4.74 Å². The van der Waals surface area contributed by atoms with Gasteiger partial charge in [0.05, 0.1) is 0 Å². The molecule has 0 spiro atoms. The highest BCUT2D eigenvalue weighted by Gasteiger charge is 2.11. The van der Waals surface area contributed by atoms with Gasteiger partial charge in [0.2, 0.25) is 0 Å². The Hall–Kier alpha value is -1.76. The summed E-state index contributed by atoms with van der Waals surface area (Å²) in [5.74, 6) is 2.12. The van der Waals surface area contributed by atoms with Crippen molar-refractivity contribution in [2.75, 3.05) is 0 Å². The van der Waals surface area contributed by atoms with Crippen molar-refractivity contribution < 1.29 is 4.74 Å². The zero-order valence-corrected chi connectivity index (χ0v) is 33.1. The van der Waals surface area contributed by atoms with Crippen LogP contribution in [0.5, 0.6) is 11.5 Å². The van der Waals surface area contributed by atoms with Gasteiger partial charge in [0.1, 0.15) is 11.5 Å². The molecule has 2 aromatic carbocycles. The molecule has 0 N–H and O–H groups in total. The topological polar surface area (TPSA) is 9.23 Å². The van der Waals surface area contributed by atoms with E-state index in [2.05, 4.69) is 62.4 Å². The van der Waals surface area contributed by atoms with Gasteiger partial charge in [-0.25, -0.2) is 0 Å². The van der Waals surface area contributed by atoms with Gasteiger partial charge in [0, 0.05) is 0 Å². The molecular weight excluding hydrogens is 593 g/mol. The molecule has 0 heterocycles. The van der Waals surface area contributed by atoms with Crippen LogP contribution in [0.4, 0.5) is 0 Å². The molecule has 0 aliphatic carbocycles. The molecule has 0 aliphatic rings. The van der Waals surface area contributed by atoms with Crippen molar-refractivity contribution in [3.05, 3.63) is 59.7 Å². The van der Waals surface area contributed by atoms with Crippen molar-refractivity contribution in [1.82, 2.24) is 0 Å². The van der Waals surface area contributed by atoms with Crippen LogP contribution in [0.15, 0.2) is 48.5 Å². The van der Waals surface area contributed by atoms with Crippen LogP contribution >= 0.6 is 0 Å². The van der Waals surface area contributed by atoms with Crippen molar-refractivity contribution in [2.24, 2.45) is 0 Å². The SMILES string of the molecule is CCCCCCCCCCCCCCCCCCc1cccc(CCCCCCCCCCCCCCCCCC)c1Oc1ccccc1. The van der Waals surface area contributed by atoms with Crippen LogP contribution in [-0.4, -0.2) is 0 Å². The Morgan fingerprint density at radius 1 is 0.306 bits per heavy atom. The fourth-order valence-electron chi connectivity index (χ4n) is 7.50. The highest BCUT2D eigenvalue weighted by Crippen LogP contribution is 2.32. The van der Waals surface area contributed by atoms with Crippen LogP contribution in [0.2, 0.25) is 0 Å². The van der Waals surface area contributed by atoms with Crippen LogP contribution in [0, 0.1) is 0 Å². The lowest BCUT2D eigenvalue weighted by Crippen LogP contribution is -1.98. The highest BCUT2D eigenvalue weighted by atomic mass is 16.5. The van der Waals surface area contributed by atoms with E-state index < -0.39 is 0 Å². The van der Waals surface area contributed by atoms with Gasteiger partial charge in [-0.3, -0.25) is 0 Å². The van der Waals surface area contributed by atoms with Gasteiger partial charge in [0.15, 0.2) is 0 Å². The fraction of sp³-hybridized carbons (Fsp3) is 0.750. The first kappa shape index (κ1) is 43.4. The maximum Gasteiger partial charge on any atom is 0.133 e. The Labute approximate surface area is 307 Å². The smallest absolute Gasteiger partial charge is 0.133 e. The third-order valence-corrected chi connectivity index (χ3v) is 10.7. The second-order valence-corrected chi connectivity index (χ2v) is 15.4. The van der Waals surface area contributed by atoms with Gasteiger partial charge in [-0.2, -0.15) is 0 Å². The zero-order chi connectivity index (χ0) is 34.7. The molecule has 0 unspecified atom stereocenters. The number of unbranched alkanes of at least 4 members (excludes halogenated alkanes) is 30. The standard InChI is InChI=1S/C48H82O/c1-3-5-7-9-11-13-15-17-19-21-23-25-27-29-31-34-39-45-41-38-42-46(48(45)49-47-43-36-33-37-44-47)40-35-32-30-28-26-24-22-20-18-16-14-12-10-8-6-4-2/h33,36-38,41-44H,3-32,34-35,39-40H2,1-2H3. The average molecular weight is 675 g/mol. The second-order valence-electron chi connectivity index (χ2n) is 15.4. The Morgan fingerprint density at radius 3 is 0.898 bits per heavy atom. The van der Waals surface area contributed by atoms with Crippen LogP contribution in [0.25, 0.3) is 0 Å². The second kappa shape index (κ2) is 33.4. The number of ether oxygens (including phenoxy) is 1. The van der Waals surface area contributed by atoms with Crippen molar-refractivity contribution in [3.8, 4) is 11.5 Å². The molecule has 0 radical (unpaired) electrons. The van der Waals surface area contributed by atoms with Crippen molar-refractivity contribution in [2.45, 2.75) is 232 Å². The van der Waals surface area contributed by atoms with Crippen LogP contribution in [-0.2, 0) is 12.8 Å². The van der Waals surface area contributed by atoms with Crippen LogP contribution in [0.1, 0.15) is 230 Å². The van der Waals surface area contributed by atoms with Crippen LogP contribution < -0.4 is 4.74 Å². The molecule has 280 valence electrons. The Morgan fingerprint density at radius 2 is 0.592 bits per heavy atom. The minimum Gasteiger partial charge on any atom is -0.457 e. The van der Waals surface area contributed by atoms with Crippen molar-refractivity contribution >= 4 is 0 Å². The number of benzene rings is 2. The lowest BCUT2D eigenvalue weighted by molar-refractivity contribution is 0.465. The van der Waals surface area contributed by atoms with E-state index in [-0.39, 0.29) is 0 Å². The number of aryl methyl sites for hydroxylation is 2. The molecule has 0 bridgehead atoms. The summed E-state index contributed by atoms with van der Waals surface area (Å²) in [6.07, 6.45) is 47.7. The summed E-state index contributed by atoms with van der Waals surface area (Å²) < 4.78 is 6.60. The summed E-state index contributed by atoms with van der Waals surface area (Å²) in [7, 11) is 0. The van der Waals surface area contributed by atoms with E-state index in [9.17, 15) is 0 Å². The van der Waals surface area contributed by atoms with E-state index in [1.54, 1.807) is 0 Å². The van der Waals surface area contributed by atoms with E-state index in [1.807, 2.05) is 0 Å². The van der Waals surface area contributed by atoms with E-state index >= 15 is 0 Å². The number of rotatable bonds is 36. The Bertz CT molecular complexity index is 895. The Balaban J connectivity index is 1.57. The van der Waals surface area contributed by atoms with E-state index in [0.29, 0.717) is 0 Å². The predicted molar refractivity (Wildman–Crippen MR) is 219 cm³/mol. The quantitative estimate of drug-likeness (QED) is 0.0654. The maximum absolute atomic E-state index is 6.60. The largest absolute Gasteiger partial charge is 0.457 e. The normalized spacial score (nSPS) is 11.4. The average Bonchev–Trinajstić information content (AvgIpc) is 3.12. The number of hydrogen-bond donors (Lipinski definition) is 0. The molecular formula is C48H82O. The molecule has 2 rings (SSSR count). The molecule has 0 aliphatic heterocycles. The summed E-state index contributed by atoms with van der Waals surface area (Å²) >= 11 is 0. The van der Waals surface area contributed by atoms with E-state index in [0.717, 1.165) is 24.3 Å². The van der Waals surface area contributed by atoms with E-state index in [1.165, 1.54) is 217 Å². The van der Waals surface area contributed by atoms with Gasteiger partial charge in [-0.1, -0.05) is 243 Å². The minimum atomic E-state index is 0.968. The molecule has 0 fully saturated rings. The highest BCUT2D eigenvalue weighted by molar-refractivity contribution is 5.44. The van der Waals surface area contributed by atoms with Crippen molar-refractivity contribution in [3.63, 3.8) is 0 Å². The zero-order valence-electron chi connectivity index (χ0n) is 33.1. The molecule has 0 saturated heterocycles. The lowest BCUT2D eigenvalue weighted by Gasteiger charge is -2.16. The minimum absolute atomic E-state index is 0.968. The summed E-state index contributed by atoms with van der Waals surface area (Å²) in [5.41, 5.74) is 2.81. The number of hydrogen-bond acceptors (Lipinski definition) is 1. The molecule has 1 nitrogen and oxygen atoms in total. The van der Waals surface area contributed by atoms with Gasteiger partial charge in [-0.05, 0) is 48.9 Å². The maximum atomic E-state index is 6.60. The summed E-state index contributed by atoms with van der Waals surface area (Å²) in [6, 6.07) is 17.4. The third kappa shape index (κ3) is 24.9. The molecule has 0 saturated carbocycles. The van der Waals surface area contributed by atoms with Gasteiger partial charge >= 0.3 is 0 Å². The van der Waals surface area contributed by atoms with Crippen molar-refractivity contribution in [1.29, 1.82) is 0 Å². The first-order valence-corrected chi connectivity index (χ1v) is 22.2. The first-order chi connectivity index (χ1) is 24.3. The first-order valence-electron chi connectivity index (χ1n) is 22.2. The third-order valence-electron chi connectivity index (χ3n) is 10.7. The number of para-hydroxylation sites is 2. The van der Waals surface area contributed by atoms with Gasteiger partial charge in [-0.15, -0.1) is 0 Å². The molecule has 2 aromatic rings. The molecule has 49 heavy (non-hydrogen) atoms. The summed E-state index contributed by atoms with van der Waals surface area (Å²) in [4.78, 5) is 0. The molecule has 0 atom stereocenters. The molecule has 0 aromatic heterocycles. The predicted octanol–water partition coefficient (Wildman–Crippen LogP) is 17.1. The Kier molecular flexibility index (Phi) is 29.6. The fourth-order valence-corrected chi connectivity index (χ4v) is 7.50. The monoisotopic (exact) mass is 675 g/mol. The lowest BCUT2D eigenvalue weighted by atomic mass is 9.98. The summed E-state index contributed by atoms with van der Waals surface area (Å²) in [6.45, 7) is 4.61. The molecule has 1 heteroatoms. The van der Waals surface area contributed by atoms with Gasteiger partial charge < -0.3 is 4.74 Å².